The van der Waals surface area contributed by atoms with Crippen molar-refractivity contribution in [1.82, 2.24) is 0 Å². The lowest BCUT2D eigenvalue weighted by molar-refractivity contribution is -0.112. The highest BCUT2D eigenvalue weighted by Crippen LogP contribution is 2.44. The molecule has 0 aromatic heterocycles. The summed E-state index contributed by atoms with van der Waals surface area (Å²) in [6, 6.07) is 14.4. The average Bonchev–Trinajstić information content (AvgIpc) is 2.84. The van der Waals surface area contributed by atoms with Crippen LogP contribution in [-0.4, -0.2) is 23.2 Å². The molecule has 1 N–H and O–H groups in total. The molecule has 0 saturated carbocycles. The molecule has 25 heavy (non-hydrogen) atoms. The highest BCUT2D eigenvalue weighted by Gasteiger charge is 2.50. The number of Topliss-reactive ketones (excluding diaryl/α,β-unsaturated/α-hetero) is 2. The van der Waals surface area contributed by atoms with Gasteiger partial charge in [0.25, 0.3) is 0 Å². The summed E-state index contributed by atoms with van der Waals surface area (Å²) >= 11 is 3.45. The Morgan fingerprint density at radius 3 is 2.44 bits per heavy atom. The summed E-state index contributed by atoms with van der Waals surface area (Å²) in [6.45, 7) is 3.84. The summed E-state index contributed by atoms with van der Waals surface area (Å²) in [6.07, 6.45) is 0. The van der Waals surface area contributed by atoms with Crippen molar-refractivity contribution >= 4 is 38.9 Å². The van der Waals surface area contributed by atoms with Gasteiger partial charge in [-0.25, -0.2) is 0 Å². The van der Waals surface area contributed by atoms with E-state index in [-0.39, 0.29) is 0 Å². The normalized spacial score (nSPS) is 20.8. The maximum Gasteiger partial charge on any atom is 0.235 e. The first kappa shape index (κ1) is 16.1. The molecule has 2 aliphatic rings. The first-order chi connectivity index (χ1) is 11.9. The van der Waals surface area contributed by atoms with Crippen molar-refractivity contribution in [3.05, 3.63) is 69.7 Å². The second-order valence-corrected chi connectivity index (χ2v) is 7.66. The van der Waals surface area contributed by atoms with E-state index < -0.39 is 23.2 Å². The van der Waals surface area contributed by atoms with Crippen molar-refractivity contribution in [1.29, 1.82) is 0 Å². The molecule has 126 valence electrons. The zero-order chi connectivity index (χ0) is 17.8. The third-order valence-electron chi connectivity index (χ3n) is 4.60. The summed E-state index contributed by atoms with van der Waals surface area (Å²) in [4.78, 5) is 25.3. The molecule has 0 amide bonds. The van der Waals surface area contributed by atoms with Crippen molar-refractivity contribution in [3.63, 3.8) is 0 Å². The number of carbonyl (C=O) groups is 2. The maximum atomic E-state index is 12.8. The van der Waals surface area contributed by atoms with Crippen molar-refractivity contribution in [2.75, 3.05) is 5.32 Å². The first-order valence-electron chi connectivity index (χ1n) is 8.02. The zero-order valence-electron chi connectivity index (χ0n) is 13.8. The van der Waals surface area contributed by atoms with Crippen molar-refractivity contribution in [2.24, 2.45) is 0 Å². The van der Waals surface area contributed by atoms with Crippen molar-refractivity contribution < 1.29 is 14.3 Å². The van der Waals surface area contributed by atoms with Gasteiger partial charge in [-0.05, 0) is 32.0 Å². The van der Waals surface area contributed by atoms with Crippen LogP contribution < -0.4 is 5.32 Å². The topological polar surface area (TPSA) is 55.4 Å². The van der Waals surface area contributed by atoms with Crippen LogP contribution in [0.4, 0.5) is 5.69 Å². The van der Waals surface area contributed by atoms with Gasteiger partial charge in [-0.2, -0.15) is 0 Å². The van der Waals surface area contributed by atoms with Gasteiger partial charge in [-0.15, -0.1) is 0 Å². The van der Waals surface area contributed by atoms with Crippen molar-refractivity contribution in [3.8, 4) is 0 Å². The van der Waals surface area contributed by atoms with Crippen LogP contribution in [0.5, 0.6) is 0 Å². The largest absolute Gasteiger partial charge is 0.484 e. The Kier molecular flexibility index (Phi) is 3.58. The monoisotopic (exact) mass is 397 g/mol. The Bertz CT molecular complexity index is 945. The number of ether oxygens (including phenoxy) is 1. The molecule has 4 rings (SSSR count). The number of hydrogen-bond donors (Lipinski definition) is 1. The molecule has 1 aliphatic heterocycles. The van der Waals surface area contributed by atoms with Gasteiger partial charge in [0, 0.05) is 21.3 Å². The van der Waals surface area contributed by atoms with Gasteiger partial charge in [0.15, 0.2) is 0 Å². The highest BCUT2D eigenvalue weighted by molar-refractivity contribution is 9.10. The number of carbonyl (C=O) groups excluding carboxylic acids is 2. The van der Waals surface area contributed by atoms with Gasteiger partial charge < -0.3 is 10.1 Å². The van der Waals surface area contributed by atoms with Crippen LogP contribution in [0.3, 0.4) is 0 Å². The van der Waals surface area contributed by atoms with Crippen LogP contribution >= 0.6 is 15.9 Å². The molecule has 2 aromatic rings. The highest BCUT2D eigenvalue weighted by atomic mass is 79.9. The molecule has 1 heterocycles. The van der Waals surface area contributed by atoms with Gasteiger partial charge in [0.05, 0.1) is 11.6 Å². The predicted molar refractivity (Wildman–Crippen MR) is 99.4 cm³/mol. The Morgan fingerprint density at radius 2 is 1.72 bits per heavy atom. The van der Waals surface area contributed by atoms with E-state index in [1.165, 1.54) is 0 Å². The number of fused-ring (bicyclic) bond motifs is 2. The van der Waals surface area contributed by atoms with E-state index in [1.54, 1.807) is 12.1 Å². The number of rotatable bonds is 2. The van der Waals surface area contributed by atoms with Crippen LogP contribution in [0.1, 0.15) is 29.8 Å². The number of benzene rings is 2. The van der Waals surface area contributed by atoms with Crippen LogP contribution in [-0.2, 0) is 9.53 Å². The molecule has 1 aliphatic carbocycles. The van der Waals surface area contributed by atoms with Crippen LogP contribution in [0, 0.1) is 0 Å². The van der Waals surface area contributed by atoms with Gasteiger partial charge in [-0.1, -0.05) is 46.3 Å². The van der Waals surface area contributed by atoms with E-state index in [0.717, 1.165) is 10.2 Å². The number of hydrogen-bond acceptors (Lipinski definition) is 4. The lowest BCUT2D eigenvalue weighted by Gasteiger charge is -2.29. The third-order valence-corrected chi connectivity index (χ3v) is 5.09. The first-order valence-corrected chi connectivity index (χ1v) is 8.81. The number of halogens is 1. The van der Waals surface area contributed by atoms with Gasteiger partial charge in [-0.3, -0.25) is 9.59 Å². The molecule has 4 nitrogen and oxygen atoms in total. The molecule has 0 spiro atoms. The van der Waals surface area contributed by atoms with E-state index in [4.69, 9.17) is 4.74 Å². The number of nitrogens with one attached hydrogen (secondary N) is 1. The summed E-state index contributed by atoms with van der Waals surface area (Å²) in [7, 11) is 0. The van der Waals surface area contributed by atoms with Gasteiger partial charge in [0.2, 0.25) is 11.6 Å². The molecule has 0 fully saturated rings. The molecular formula is C20H16BrNO3. The van der Waals surface area contributed by atoms with Crippen molar-refractivity contribution in [2.45, 2.75) is 25.5 Å². The summed E-state index contributed by atoms with van der Waals surface area (Å²) < 4.78 is 7.08. The molecule has 0 bridgehead atoms. The van der Waals surface area contributed by atoms with E-state index in [9.17, 15) is 9.59 Å². The lowest BCUT2D eigenvalue weighted by atomic mass is 9.83. The average molecular weight is 398 g/mol. The van der Waals surface area contributed by atoms with E-state index in [1.807, 2.05) is 50.2 Å². The standard InChI is InChI=1S/C20H16BrNO3/c1-20(2)19(22-12-7-5-6-11(21)10-12)15-17(24)16(23)13-8-3-4-9-14(13)18(15)25-20/h3-10,19,22H,1-2H3. The lowest BCUT2D eigenvalue weighted by Crippen LogP contribution is -2.43. The molecule has 0 radical (unpaired) electrons. The van der Waals surface area contributed by atoms with Crippen LogP contribution in [0.25, 0.3) is 5.76 Å². The summed E-state index contributed by atoms with van der Waals surface area (Å²) in [5.41, 5.74) is 1.69. The maximum absolute atomic E-state index is 12.8. The minimum atomic E-state index is -0.666. The predicted octanol–water partition coefficient (Wildman–Crippen LogP) is 4.22. The van der Waals surface area contributed by atoms with Gasteiger partial charge >= 0.3 is 0 Å². The summed E-state index contributed by atoms with van der Waals surface area (Å²) in [5.74, 6) is -0.457. The second-order valence-electron chi connectivity index (χ2n) is 6.74. The second kappa shape index (κ2) is 5.56. The SMILES string of the molecule is CC1(C)OC2=C(C(=O)C(=O)c3ccccc32)C1Nc1cccc(Br)c1. The fourth-order valence-electron chi connectivity index (χ4n) is 3.40. The molecule has 2 aromatic carbocycles. The Hall–Kier alpha value is -2.40. The quantitative estimate of drug-likeness (QED) is 0.770. The fraction of sp³-hybridized carbons (Fsp3) is 0.200. The van der Waals surface area contributed by atoms with E-state index in [2.05, 4.69) is 21.2 Å². The Balaban J connectivity index is 1.84. The molecule has 0 saturated heterocycles. The van der Waals surface area contributed by atoms with Gasteiger partial charge in [0.1, 0.15) is 11.4 Å². The number of anilines is 1. The molecule has 1 atom stereocenters. The Morgan fingerprint density at radius 1 is 1.00 bits per heavy atom. The molecular weight excluding hydrogens is 382 g/mol. The summed E-state index contributed by atoms with van der Waals surface area (Å²) in [5, 5.41) is 3.37. The smallest absolute Gasteiger partial charge is 0.235 e. The fourth-order valence-corrected chi connectivity index (χ4v) is 3.80. The molecule has 1 unspecified atom stereocenters. The van der Waals surface area contributed by atoms with E-state index >= 15 is 0 Å². The van der Waals surface area contributed by atoms with Crippen LogP contribution in [0.15, 0.2) is 58.6 Å². The van der Waals surface area contributed by atoms with E-state index in [0.29, 0.717) is 22.5 Å². The third kappa shape index (κ3) is 2.50. The minimum absolute atomic E-state index is 0.408. The minimum Gasteiger partial charge on any atom is -0.484 e. The molecule has 5 heteroatoms. The Labute approximate surface area is 154 Å². The number of ketones is 2. The van der Waals surface area contributed by atoms with Crippen LogP contribution in [0.2, 0.25) is 0 Å². The zero-order valence-corrected chi connectivity index (χ0v) is 15.4.